The summed E-state index contributed by atoms with van der Waals surface area (Å²) in [5.74, 6) is -1.72. The highest BCUT2D eigenvalue weighted by Crippen LogP contribution is 2.67. The number of nitrogens with zero attached hydrogens (tertiary/aromatic N) is 3. The van der Waals surface area contributed by atoms with E-state index in [1.54, 1.807) is 51.3 Å². The fourth-order valence-corrected chi connectivity index (χ4v) is 12.5. The summed E-state index contributed by atoms with van der Waals surface area (Å²) in [6, 6.07) is 15.3. The van der Waals surface area contributed by atoms with Crippen molar-refractivity contribution in [1.82, 2.24) is 15.1 Å². The molecule has 4 heterocycles. The van der Waals surface area contributed by atoms with E-state index < -0.39 is 60.9 Å². The summed E-state index contributed by atoms with van der Waals surface area (Å²) in [6.45, 7) is 10.0. The lowest BCUT2D eigenvalue weighted by atomic mass is 9.90. The lowest BCUT2D eigenvalue weighted by molar-refractivity contribution is -0.146. The van der Waals surface area contributed by atoms with Crippen LogP contribution in [0.25, 0.3) is 10.1 Å². The lowest BCUT2D eigenvalue weighted by Crippen LogP contribution is -2.56. The highest BCUT2D eigenvalue weighted by atomic mass is 32.2. The topological polar surface area (TPSA) is 163 Å². The molecule has 64 heavy (non-hydrogen) atoms. The largest absolute Gasteiger partial charge is 0.404 e. The predicted molar refractivity (Wildman–Crippen MR) is 247 cm³/mol. The van der Waals surface area contributed by atoms with Crippen molar-refractivity contribution < 1.29 is 46.4 Å². The monoisotopic (exact) mass is 958 g/mol. The number of fused-ring (bicyclic) bond motifs is 2. The fourth-order valence-electron chi connectivity index (χ4n) is 8.22. The Labute approximate surface area is 386 Å². The summed E-state index contributed by atoms with van der Waals surface area (Å²) < 4.78 is 58.2. The number of halogens is 2. The first-order chi connectivity index (χ1) is 30.1. The van der Waals surface area contributed by atoms with Crippen molar-refractivity contribution in [2.75, 3.05) is 37.8 Å². The summed E-state index contributed by atoms with van der Waals surface area (Å²) in [6.07, 6.45) is 3.71. The van der Waals surface area contributed by atoms with Crippen molar-refractivity contribution in [2.24, 2.45) is 16.7 Å². The van der Waals surface area contributed by atoms with Gasteiger partial charge in [-0.2, -0.15) is 14.0 Å². The number of thioether (sulfide) groups is 2. The van der Waals surface area contributed by atoms with Gasteiger partial charge in [0.15, 0.2) is 10.2 Å². The second kappa shape index (κ2) is 20.5. The minimum Gasteiger partial charge on any atom is -0.340 e. The molecule has 12 nitrogen and oxygen atoms in total. The summed E-state index contributed by atoms with van der Waals surface area (Å²) in [5.41, 5.74) is -5.23. The molecule has 0 bridgehead atoms. The van der Waals surface area contributed by atoms with Crippen LogP contribution in [0.5, 0.6) is 0 Å². The predicted octanol–water partition coefficient (Wildman–Crippen LogP) is 9.59. The molecule has 3 aliphatic heterocycles. The molecule has 0 radical (unpaired) electrons. The number of hydrogen-bond donors (Lipinski definition) is 1. The lowest BCUT2D eigenvalue weighted by Gasteiger charge is -2.36. The van der Waals surface area contributed by atoms with Crippen molar-refractivity contribution in [3.8, 4) is 6.07 Å². The van der Waals surface area contributed by atoms with E-state index in [1.165, 1.54) is 12.1 Å². The molecular weight excluding hydrogens is 902 g/mol. The van der Waals surface area contributed by atoms with Gasteiger partial charge >= 0.3 is 13.3 Å². The molecule has 2 aromatic carbocycles. The van der Waals surface area contributed by atoms with Crippen LogP contribution in [0, 0.1) is 28.1 Å². The van der Waals surface area contributed by atoms with Gasteiger partial charge in [0.2, 0.25) is 11.8 Å². The Bertz CT molecular complexity index is 2270. The van der Waals surface area contributed by atoms with Gasteiger partial charge in [-0.05, 0) is 54.8 Å². The second-order valence-electron chi connectivity index (χ2n) is 18.6. The maximum absolute atomic E-state index is 16.5. The van der Waals surface area contributed by atoms with Gasteiger partial charge < -0.3 is 24.2 Å². The third kappa shape index (κ3) is 11.3. The molecule has 3 aromatic rings. The highest BCUT2D eigenvalue weighted by molar-refractivity contribution is 8.14. The van der Waals surface area contributed by atoms with Crippen LogP contribution in [0.4, 0.5) is 8.78 Å². The van der Waals surface area contributed by atoms with Crippen LogP contribution in [-0.2, 0) is 38.5 Å². The zero-order chi connectivity index (χ0) is 46.6. The maximum Gasteiger partial charge on any atom is 0.404 e. The van der Waals surface area contributed by atoms with Gasteiger partial charge in [-0.3, -0.25) is 28.5 Å². The molecule has 0 spiro atoms. The Kier molecular flexibility index (Phi) is 15.9. The molecule has 3 fully saturated rings. The van der Waals surface area contributed by atoms with E-state index >= 15 is 8.78 Å². The van der Waals surface area contributed by atoms with E-state index in [-0.39, 0.29) is 68.2 Å². The quantitative estimate of drug-likeness (QED) is 0.121. The van der Waals surface area contributed by atoms with Crippen LogP contribution in [0.3, 0.4) is 0 Å². The summed E-state index contributed by atoms with van der Waals surface area (Å²) in [4.78, 5) is 70.8. The molecule has 3 aliphatic rings. The van der Waals surface area contributed by atoms with Crippen LogP contribution < -0.4 is 5.32 Å². The van der Waals surface area contributed by atoms with Gasteiger partial charge in [0.05, 0.1) is 30.1 Å². The SMILES string of the molecule is CC(C)(C)C(=O)SCCOP(=O)(OCCSC(=O)C(C)(C)C)C(F)(F)c1ccc2sc(C(=O)NC3CCCC[C@H]4CC[C@@H](C(=O)N5C[C@H](c6ccccc6)[C@@H](C#N)C5)N4C3=O)cc2c1. The molecule has 5 atom stereocenters. The second-order valence-corrected chi connectivity index (χ2v) is 23.9. The first-order valence-corrected chi connectivity index (χ1v) is 26.0. The molecule has 0 aliphatic carbocycles. The molecule has 1 aromatic heterocycles. The van der Waals surface area contributed by atoms with Crippen LogP contribution in [0.2, 0.25) is 0 Å². The summed E-state index contributed by atoms with van der Waals surface area (Å²) in [7, 11) is -5.27. The van der Waals surface area contributed by atoms with Crippen molar-refractivity contribution in [1.29, 1.82) is 5.26 Å². The van der Waals surface area contributed by atoms with Gasteiger partial charge in [0.25, 0.3) is 5.91 Å². The van der Waals surface area contributed by atoms with Gasteiger partial charge in [-0.1, -0.05) is 114 Å². The Morgan fingerprint density at radius 2 is 1.50 bits per heavy atom. The third-order valence-corrected chi connectivity index (χ3v) is 17.4. The third-order valence-electron chi connectivity index (χ3n) is 11.8. The number of amides is 3. The molecule has 1 N–H and O–H groups in total. The van der Waals surface area contributed by atoms with Crippen LogP contribution in [-0.4, -0.2) is 93.7 Å². The Morgan fingerprint density at radius 3 is 2.11 bits per heavy atom. The molecule has 18 heteroatoms. The van der Waals surface area contributed by atoms with Gasteiger partial charge in [-0.25, -0.2) is 0 Å². The van der Waals surface area contributed by atoms with Crippen molar-refractivity contribution in [3.05, 3.63) is 70.6 Å². The van der Waals surface area contributed by atoms with E-state index in [2.05, 4.69) is 11.4 Å². The first-order valence-electron chi connectivity index (χ1n) is 21.7. The van der Waals surface area contributed by atoms with E-state index in [1.807, 2.05) is 30.3 Å². The molecule has 3 amide bonds. The fraction of sp³-hybridized carbons (Fsp3) is 0.565. The number of nitrogens with one attached hydrogen (secondary N) is 1. The molecular formula is C46H57F2N4O8PS3. The summed E-state index contributed by atoms with van der Waals surface area (Å²) >= 11 is 2.80. The number of likely N-dealkylation sites (tertiary alicyclic amines) is 1. The minimum atomic E-state index is -5.27. The van der Waals surface area contributed by atoms with E-state index in [0.717, 1.165) is 65.4 Å². The van der Waals surface area contributed by atoms with Gasteiger partial charge in [0, 0.05) is 57.6 Å². The number of benzene rings is 2. The van der Waals surface area contributed by atoms with E-state index in [0.29, 0.717) is 36.9 Å². The number of thiophene rings is 1. The smallest absolute Gasteiger partial charge is 0.340 e. The first kappa shape index (κ1) is 49.8. The van der Waals surface area contributed by atoms with Crippen LogP contribution >= 0.6 is 42.5 Å². The summed E-state index contributed by atoms with van der Waals surface area (Å²) in [5, 5.41) is 12.7. The van der Waals surface area contributed by atoms with Gasteiger partial charge in [0.1, 0.15) is 12.1 Å². The average molecular weight is 959 g/mol. The minimum absolute atomic E-state index is 0.0475. The maximum atomic E-state index is 16.5. The number of carbonyl (C=O) groups is 5. The van der Waals surface area contributed by atoms with Crippen LogP contribution in [0.1, 0.15) is 107 Å². The van der Waals surface area contributed by atoms with Crippen LogP contribution in [0.15, 0.2) is 54.6 Å². The number of rotatable bonds is 14. The standard InChI is InChI=1S/C46H57F2N4O8PS3/c1-44(2,3)42(56)62-22-20-59-61(58,60-21-23-63-43(57)45(4,5)6)46(47,48)32-16-19-37-30(24-32)25-38(64-37)39(53)50-35-15-11-10-14-33-17-18-36(52(33)40(35)54)41(55)51-27-31(26-49)34(28-51)29-12-8-7-9-13-29/h7-9,12-13,16,19,24-25,31,33-36H,10-11,14-15,17-18,20-23,27-28H2,1-6H3,(H,50,53)/t31-,33-,34+,35?,36-/m0/s1. The van der Waals surface area contributed by atoms with Gasteiger partial charge in [-0.15, -0.1) is 11.3 Å². The number of nitriles is 1. The molecule has 6 rings (SSSR count). The van der Waals surface area contributed by atoms with Crippen molar-refractivity contribution in [2.45, 2.75) is 110 Å². The Hall–Kier alpha value is -3.65. The van der Waals surface area contributed by atoms with Crippen molar-refractivity contribution >= 4 is 80.5 Å². The zero-order valence-corrected chi connectivity index (χ0v) is 40.4. The number of hydrogen-bond acceptors (Lipinski definition) is 12. The molecule has 0 saturated carbocycles. The normalized spacial score (nSPS) is 22.2. The molecule has 3 saturated heterocycles. The number of carbonyl (C=O) groups excluding carboxylic acids is 5. The highest BCUT2D eigenvalue weighted by Gasteiger charge is 2.55. The average Bonchev–Trinajstić information content (AvgIpc) is 4.00. The van der Waals surface area contributed by atoms with E-state index in [4.69, 9.17) is 9.05 Å². The molecule has 1 unspecified atom stereocenters. The van der Waals surface area contributed by atoms with Crippen molar-refractivity contribution in [3.63, 3.8) is 0 Å². The Balaban J connectivity index is 1.16. The Morgan fingerprint density at radius 1 is 0.875 bits per heavy atom. The molecule has 346 valence electrons. The zero-order valence-electron chi connectivity index (χ0n) is 37.1. The van der Waals surface area contributed by atoms with E-state index in [9.17, 15) is 33.8 Å². The number of alkyl halides is 2.